The first kappa shape index (κ1) is 19.7. The smallest absolute Gasteiger partial charge is 0.313 e. The van der Waals surface area contributed by atoms with Crippen LogP contribution in [0, 0.1) is 0 Å². The standard InChI is InChI=1S/C20H23N3O5S/c24-19(20(25)22-15-1-2-17-18(11-15)28-8-7-27-17)21-12-16(14-3-6-26-13-14)23-4-9-29-10-5-23/h1-3,6,11,13,16H,4-5,7-10,12H2,(H,21,24)(H,22,25)/t16-/m0/s1. The molecular weight excluding hydrogens is 394 g/mol. The van der Waals surface area contributed by atoms with E-state index in [9.17, 15) is 9.59 Å². The fraction of sp³-hybridized carbons (Fsp3) is 0.400. The summed E-state index contributed by atoms with van der Waals surface area (Å²) in [5.41, 5.74) is 1.47. The Morgan fingerprint density at radius 2 is 1.86 bits per heavy atom. The Hall–Kier alpha value is -2.65. The second kappa shape index (κ2) is 9.23. The lowest BCUT2D eigenvalue weighted by molar-refractivity contribution is -0.136. The lowest BCUT2D eigenvalue weighted by atomic mass is 10.1. The van der Waals surface area contributed by atoms with Crippen molar-refractivity contribution in [1.82, 2.24) is 10.2 Å². The molecule has 3 heterocycles. The van der Waals surface area contributed by atoms with E-state index in [-0.39, 0.29) is 6.04 Å². The number of nitrogens with one attached hydrogen (secondary N) is 2. The first-order valence-electron chi connectivity index (χ1n) is 9.53. The summed E-state index contributed by atoms with van der Waals surface area (Å²) in [6.07, 6.45) is 3.31. The molecule has 1 aromatic heterocycles. The zero-order valence-electron chi connectivity index (χ0n) is 15.9. The Bertz CT molecular complexity index is 852. The molecule has 1 saturated heterocycles. The number of hydrogen-bond acceptors (Lipinski definition) is 7. The maximum Gasteiger partial charge on any atom is 0.313 e. The van der Waals surface area contributed by atoms with Gasteiger partial charge in [-0.15, -0.1) is 0 Å². The molecule has 4 rings (SSSR count). The van der Waals surface area contributed by atoms with Gasteiger partial charge in [0.15, 0.2) is 11.5 Å². The minimum atomic E-state index is -0.721. The summed E-state index contributed by atoms with van der Waals surface area (Å²) in [5, 5.41) is 5.36. The van der Waals surface area contributed by atoms with E-state index in [0.29, 0.717) is 36.9 Å². The van der Waals surface area contributed by atoms with Crippen LogP contribution in [0.1, 0.15) is 11.6 Å². The molecule has 1 fully saturated rings. The molecule has 8 nitrogen and oxygen atoms in total. The first-order valence-corrected chi connectivity index (χ1v) is 10.7. The molecule has 0 saturated carbocycles. The number of carbonyl (C=O) groups is 2. The van der Waals surface area contributed by atoms with Crippen LogP contribution < -0.4 is 20.1 Å². The zero-order valence-corrected chi connectivity index (χ0v) is 16.7. The number of nitrogens with zero attached hydrogens (tertiary/aromatic N) is 1. The van der Waals surface area contributed by atoms with Gasteiger partial charge in [-0.1, -0.05) is 0 Å². The quantitative estimate of drug-likeness (QED) is 0.718. The lowest BCUT2D eigenvalue weighted by Gasteiger charge is -2.33. The molecule has 2 N–H and O–H groups in total. The van der Waals surface area contributed by atoms with E-state index >= 15 is 0 Å². The summed E-state index contributed by atoms with van der Waals surface area (Å²) in [6.45, 7) is 3.14. The number of hydrogen-bond donors (Lipinski definition) is 2. The molecule has 1 aromatic carbocycles. The number of benzene rings is 1. The molecule has 2 aromatic rings. The molecule has 1 atom stereocenters. The Labute approximate surface area is 172 Å². The van der Waals surface area contributed by atoms with E-state index in [4.69, 9.17) is 13.9 Å². The molecule has 0 radical (unpaired) electrons. The van der Waals surface area contributed by atoms with Crippen LogP contribution in [0.15, 0.2) is 41.2 Å². The molecule has 0 spiro atoms. The monoisotopic (exact) mass is 417 g/mol. The number of fused-ring (bicyclic) bond motifs is 1. The highest BCUT2D eigenvalue weighted by atomic mass is 32.2. The number of furan rings is 1. The van der Waals surface area contributed by atoms with Crippen molar-refractivity contribution < 1.29 is 23.5 Å². The average Bonchev–Trinajstić information content (AvgIpc) is 3.29. The third-order valence-electron chi connectivity index (χ3n) is 4.88. The van der Waals surface area contributed by atoms with Crippen molar-refractivity contribution in [3.05, 3.63) is 42.4 Å². The summed E-state index contributed by atoms with van der Waals surface area (Å²) in [6, 6.07) is 6.91. The molecule has 29 heavy (non-hydrogen) atoms. The van der Waals surface area contributed by atoms with Crippen molar-refractivity contribution in [3.63, 3.8) is 0 Å². The van der Waals surface area contributed by atoms with Crippen LogP contribution in [0.25, 0.3) is 0 Å². The Morgan fingerprint density at radius 1 is 1.07 bits per heavy atom. The predicted molar refractivity (Wildman–Crippen MR) is 109 cm³/mol. The summed E-state index contributed by atoms with van der Waals surface area (Å²) >= 11 is 1.92. The van der Waals surface area contributed by atoms with Gasteiger partial charge in [0, 0.05) is 48.5 Å². The van der Waals surface area contributed by atoms with E-state index in [2.05, 4.69) is 15.5 Å². The first-order chi connectivity index (χ1) is 14.2. The second-order valence-corrected chi connectivity index (χ2v) is 7.97. The summed E-state index contributed by atoms with van der Waals surface area (Å²) in [4.78, 5) is 27.0. The molecule has 2 aliphatic heterocycles. The van der Waals surface area contributed by atoms with Crippen molar-refractivity contribution >= 4 is 29.3 Å². The van der Waals surface area contributed by atoms with Gasteiger partial charge in [-0.05, 0) is 18.2 Å². The number of anilines is 1. The van der Waals surface area contributed by atoms with Gasteiger partial charge < -0.3 is 24.5 Å². The average molecular weight is 417 g/mol. The highest BCUT2D eigenvalue weighted by Gasteiger charge is 2.25. The Kier molecular flexibility index (Phi) is 6.26. The number of amides is 2. The molecule has 2 amide bonds. The minimum absolute atomic E-state index is 0.0271. The van der Waals surface area contributed by atoms with Gasteiger partial charge in [-0.2, -0.15) is 11.8 Å². The largest absolute Gasteiger partial charge is 0.486 e. The molecule has 0 bridgehead atoms. The number of thioether (sulfide) groups is 1. The fourth-order valence-electron chi connectivity index (χ4n) is 3.39. The van der Waals surface area contributed by atoms with Crippen LogP contribution in [0.2, 0.25) is 0 Å². The van der Waals surface area contributed by atoms with Crippen LogP contribution >= 0.6 is 11.8 Å². The van der Waals surface area contributed by atoms with Gasteiger partial charge in [0.05, 0.1) is 18.6 Å². The van der Waals surface area contributed by atoms with Gasteiger partial charge in [0.2, 0.25) is 0 Å². The summed E-state index contributed by atoms with van der Waals surface area (Å²) < 4.78 is 16.2. The van der Waals surface area contributed by atoms with Crippen molar-refractivity contribution in [3.8, 4) is 11.5 Å². The summed E-state index contributed by atoms with van der Waals surface area (Å²) in [7, 11) is 0. The van der Waals surface area contributed by atoms with Crippen LogP contribution in [0.4, 0.5) is 5.69 Å². The zero-order chi connectivity index (χ0) is 20.1. The van der Waals surface area contributed by atoms with Crippen LogP contribution in [-0.2, 0) is 9.59 Å². The number of carbonyl (C=O) groups excluding carboxylic acids is 2. The van der Waals surface area contributed by atoms with E-state index in [0.717, 1.165) is 30.2 Å². The third-order valence-corrected chi connectivity index (χ3v) is 5.82. The molecule has 9 heteroatoms. The highest BCUT2D eigenvalue weighted by molar-refractivity contribution is 7.99. The fourth-order valence-corrected chi connectivity index (χ4v) is 4.32. The van der Waals surface area contributed by atoms with E-state index in [1.807, 2.05) is 17.8 Å². The van der Waals surface area contributed by atoms with Gasteiger partial charge >= 0.3 is 11.8 Å². The van der Waals surface area contributed by atoms with Crippen molar-refractivity contribution in [2.24, 2.45) is 0 Å². The van der Waals surface area contributed by atoms with Crippen molar-refractivity contribution in [2.45, 2.75) is 6.04 Å². The van der Waals surface area contributed by atoms with E-state index in [1.54, 1.807) is 30.7 Å². The van der Waals surface area contributed by atoms with Crippen LogP contribution in [-0.4, -0.2) is 61.1 Å². The van der Waals surface area contributed by atoms with Crippen molar-refractivity contribution in [2.75, 3.05) is 49.7 Å². The molecule has 0 unspecified atom stereocenters. The molecule has 0 aliphatic carbocycles. The number of rotatable bonds is 5. The molecule has 154 valence electrons. The normalized spacial score (nSPS) is 17.4. The maximum atomic E-state index is 12.4. The van der Waals surface area contributed by atoms with Crippen LogP contribution in [0.3, 0.4) is 0 Å². The lowest BCUT2D eigenvalue weighted by Crippen LogP contribution is -2.44. The minimum Gasteiger partial charge on any atom is -0.486 e. The number of ether oxygens (including phenoxy) is 2. The van der Waals surface area contributed by atoms with E-state index in [1.165, 1.54) is 0 Å². The maximum absolute atomic E-state index is 12.4. The SMILES string of the molecule is O=C(NC[C@@H](c1ccoc1)N1CCSCC1)C(=O)Nc1ccc2c(c1)OCCO2. The molecular formula is C20H23N3O5S. The van der Waals surface area contributed by atoms with Gasteiger partial charge in [-0.3, -0.25) is 14.5 Å². The Balaban J connectivity index is 1.35. The van der Waals surface area contributed by atoms with E-state index < -0.39 is 11.8 Å². The third kappa shape index (κ3) is 4.86. The van der Waals surface area contributed by atoms with Crippen molar-refractivity contribution in [1.29, 1.82) is 0 Å². The highest BCUT2D eigenvalue weighted by Crippen LogP contribution is 2.32. The molecule has 2 aliphatic rings. The second-order valence-electron chi connectivity index (χ2n) is 6.74. The Morgan fingerprint density at radius 3 is 2.62 bits per heavy atom. The predicted octanol–water partition coefficient (Wildman–Crippen LogP) is 1.90. The van der Waals surface area contributed by atoms with Gasteiger partial charge in [-0.25, -0.2) is 0 Å². The van der Waals surface area contributed by atoms with Gasteiger partial charge in [0.25, 0.3) is 0 Å². The van der Waals surface area contributed by atoms with Gasteiger partial charge in [0.1, 0.15) is 13.2 Å². The summed E-state index contributed by atoms with van der Waals surface area (Å²) in [5.74, 6) is 1.88. The van der Waals surface area contributed by atoms with Crippen LogP contribution in [0.5, 0.6) is 11.5 Å². The topological polar surface area (TPSA) is 93.0 Å².